The number of benzene rings is 1. The standard InChI is InChI=1S/C11H8BF3NO2/c13-12(14,15)8-3-1-7(2-4-8)9-5-6-10(18-9)11(16)17/h1-6H,(H2,16,17)/q-1. The lowest BCUT2D eigenvalue weighted by atomic mass is 9.80. The molecule has 0 aliphatic heterocycles. The van der Waals surface area contributed by atoms with Gasteiger partial charge in [-0.1, -0.05) is 24.3 Å². The number of amides is 1. The Kier molecular flexibility index (Phi) is 2.90. The van der Waals surface area contributed by atoms with Crippen LogP contribution >= 0.6 is 0 Å². The number of carbonyl (C=O) groups is 1. The van der Waals surface area contributed by atoms with E-state index >= 15 is 0 Å². The van der Waals surface area contributed by atoms with Crippen LogP contribution in [-0.2, 0) is 0 Å². The molecule has 1 amide bonds. The molecule has 1 aromatic carbocycles. The van der Waals surface area contributed by atoms with Crippen molar-refractivity contribution in [3.8, 4) is 11.3 Å². The van der Waals surface area contributed by atoms with E-state index in [-0.39, 0.29) is 5.76 Å². The summed E-state index contributed by atoms with van der Waals surface area (Å²) in [6.45, 7) is -5.00. The van der Waals surface area contributed by atoms with Gasteiger partial charge in [-0.05, 0) is 12.1 Å². The van der Waals surface area contributed by atoms with E-state index in [1.807, 2.05) is 0 Å². The molecule has 2 aromatic rings. The largest absolute Gasteiger partial charge is 0.509 e. The van der Waals surface area contributed by atoms with Crippen molar-refractivity contribution in [1.29, 1.82) is 0 Å². The highest BCUT2D eigenvalue weighted by atomic mass is 19.4. The third kappa shape index (κ3) is 2.39. The van der Waals surface area contributed by atoms with E-state index in [0.29, 0.717) is 11.3 Å². The molecule has 0 fully saturated rings. The molecule has 0 atom stereocenters. The molecule has 94 valence electrons. The quantitative estimate of drug-likeness (QED) is 0.852. The Labute approximate surface area is 100 Å². The molecule has 3 nitrogen and oxygen atoms in total. The highest BCUT2D eigenvalue weighted by Crippen LogP contribution is 2.22. The first-order chi connectivity index (χ1) is 8.38. The number of carbonyl (C=O) groups excluding carboxylic acids is 1. The topological polar surface area (TPSA) is 56.2 Å². The normalized spacial score (nSPS) is 11.5. The molecule has 0 saturated heterocycles. The van der Waals surface area contributed by atoms with Crippen LogP contribution in [0.3, 0.4) is 0 Å². The molecule has 1 aromatic heterocycles. The minimum atomic E-state index is -5.00. The van der Waals surface area contributed by atoms with Crippen molar-refractivity contribution in [2.75, 3.05) is 0 Å². The van der Waals surface area contributed by atoms with E-state index in [4.69, 9.17) is 10.2 Å². The van der Waals surface area contributed by atoms with Gasteiger partial charge in [-0.15, -0.1) is 5.46 Å². The fraction of sp³-hybridized carbons (Fsp3) is 0. The molecule has 7 heteroatoms. The highest BCUT2D eigenvalue weighted by Gasteiger charge is 2.25. The number of primary amides is 1. The van der Waals surface area contributed by atoms with Crippen LogP contribution in [0.4, 0.5) is 12.9 Å². The number of nitrogens with two attached hydrogens (primary N) is 1. The van der Waals surface area contributed by atoms with Gasteiger partial charge in [0.05, 0.1) is 0 Å². The Morgan fingerprint density at radius 3 is 2.11 bits per heavy atom. The second-order valence-corrected chi connectivity index (χ2v) is 3.72. The van der Waals surface area contributed by atoms with Gasteiger partial charge < -0.3 is 23.1 Å². The van der Waals surface area contributed by atoms with E-state index in [9.17, 15) is 17.7 Å². The maximum Gasteiger partial charge on any atom is 0.509 e. The summed E-state index contributed by atoms with van der Waals surface area (Å²) in [5, 5.41) is 0. The van der Waals surface area contributed by atoms with Gasteiger partial charge in [-0.3, -0.25) is 4.79 Å². The zero-order valence-corrected chi connectivity index (χ0v) is 9.07. The molecule has 0 aliphatic carbocycles. The lowest BCUT2D eigenvalue weighted by Crippen LogP contribution is -2.33. The van der Waals surface area contributed by atoms with E-state index in [1.165, 1.54) is 24.3 Å². The number of halogens is 3. The van der Waals surface area contributed by atoms with Crippen LogP contribution in [0.25, 0.3) is 11.3 Å². The fourth-order valence-corrected chi connectivity index (χ4v) is 1.49. The number of rotatable bonds is 3. The zero-order valence-electron chi connectivity index (χ0n) is 9.07. The monoisotopic (exact) mass is 254 g/mol. The van der Waals surface area contributed by atoms with Crippen LogP contribution in [0.5, 0.6) is 0 Å². The van der Waals surface area contributed by atoms with Crippen LogP contribution in [0.15, 0.2) is 40.8 Å². The molecule has 0 aliphatic rings. The summed E-state index contributed by atoms with van der Waals surface area (Å²) in [7, 11) is 0. The first-order valence-electron chi connectivity index (χ1n) is 5.08. The van der Waals surface area contributed by atoms with Gasteiger partial charge in [-0.2, -0.15) is 0 Å². The first-order valence-corrected chi connectivity index (χ1v) is 5.08. The second-order valence-electron chi connectivity index (χ2n) is 3.72. The summed E-state index contributed by atoms with van der Waals surface area (Å²) in [4.78, 5) is 10.8. The molecular formula is C11H8BF3NO2-. The second kappa shape index (κ2) is 4.25. The molecule has 2 N–H and O–H groups in total. The zero-order chi connectivity index (χ0) is 13.3. The maximum absolute atomic E-state index is 12.4. The Morgan fingerprint density at radius 1 is 1.06 bits per heavy atom. The van der Waals surface area contributed by atoms with Gasteiger partial charge in [-0.25, -0.2) is 0 Å². The lowest BCUT2D eigenvalue weighted by molar-refractivity contribution is 0.0974. The molecular weight excluding hydrogens is 246 g/mol. The first kappa shape index (κ1) is 12.3. The fourth-order valence-electron chi connectivity index (χ4n) is 1.49. The molecule has 0 saturated carbocycles. The number of furan rings is 1. The van der Waals surface area contributed by atoms with Crippen molar-refractivity contribution in [1.82, 2.24) is 0 Å². The predicted octanol–water partition coefficient (Wildman–Crippen LogP) is 2.10. The van der Waals surface area contributed by atoms with Crippen molar-refractivity contribution < 1.29 is 22.2 Å². The molecule has 0 bridgehead atoms. The van der Waals surface area contributed by atoms with Gasteiger partial charge in [0.2, 0.25) is 0 Å². The summed E-state index contributed by atoms with van der Waals surface area (Å²) in [6.07, 6.45) is 0. The van der Waals surface area contributed by atoms with Gasteiger partial charge >= 0.3 is 6.98 Å². The summed E-state index contributed by atoms with van der Waals surface area (Å²) >= 11 is 0. The Bertz CT molecular complexity index is 575. The number of hydrogen-bond acceptors (Lipinski definition) is 2. The Hall–Kier alpha value is -2.18. The molecule has 1 heterocycles. The molecule has 2 rings (SSSR count). The van der Waals surface area contributed by atoms with Gasteiger partial charge in [0.25, 0.3) is 5.91 Å². The van der Waals surface area contributed by atoms with Crippen molar-refractivity contribution in [3.63, 3.8) is 0 Å². The van der Waals surface area contributed by atoms with E-state index < -0.39 is 18.3 Å². The summed E-state index contributed by atoms with van der Waals surface area (Å²) in [5.74, 6) is -0.462. The van der Waals surface area contributed by atoms with E-state index in [2.05, 4.69) is 0 Å². The molecule has 0 spiro atoms. The summed E-state index contributed by atoms with van der Waals surface area (Å²) in [6, 6.07) is 7.37. The van der Waals surface area contributed by atoms with Gasteiger partial charge in [0.1, 0.15) is 5.76 Å². The minimum absolute atomic E-state index is 0.0332. The van der Waals surface area contributed by atoms with Crippen LogP contribution in [0.2, 0.25) is 0 Å². The Balaban J connectivity index is 2.31. The molecule has 0 unspecified atom stereocenters. The van der Waals surface area contributed by atoms with Gasteiger partial charge in [0, 0.05) is 5.56 Å². The minimum Gasteiger partial charge on any atom is -0.451 e. The van der Waals surface area contributed by atoms with Crippen molar-refractivity contribution >= 4 is 18.3 Å². The van der Waals surface area contributed by atoms with Gasteiger partial charge in [0.15, 0.2) is 5.76 Å². The third-order valence-corrected chi connectivity index (χ3v) is 2.42. The smallest absolute Gasteiger partial charge is 0.451 e. The highest BCUT2D eigenvalue weighted by molar-refractivity contribution is 6.73. The van der Waals surface area contributed by atoms with Crippen molar-refractivity contribution in [3.05, 3.63) is 42.2 Å². The third-order valence-electron chi connectivity index (χ3n) is 2.42. The summed E-state index contributed by atoms with van der Waals surface area (Å²) in [5.41, 5.74) is 4.78. The molecule has 0 radical (unpaired) electrons. The lowest BCUT2D eigenvalue weighted by Gasteiger charge is -2.14. The van der Waals surface area contributed by atoms with Crippen molar-refractivity contribution in [2.24, 2.45) is 5.73 Å². The summed E-state index contributed by atoms with van der Waals surface area (Å²) < 4.78 is 42.3. The average Bonchev–Trinajstić information content (AvgIpc) is 2.77. The maximum atomic E-state index is 12.4. The van der Waals surface area contributed by atoms with E-state index in [0.717, 1.165) is 12.1 Å². The van der Waals surface area contributed by atoms with Crippen LogP contribution in [0, 0.1) is 0 Å². The Morgan fingerprint density at radius 2 is 1.67 bits per heavy atom. The van der Waals surface area contributed by atoms with Crippen LogP contribution in [0.1, 0.15) is 10.6 Å². The van der Waals surface area contributed by atoms with Crippen molar-refractivity contribution in [2.45, 2.75) is 0 Å². The SMILES string of the molecule is NC(=O)c1ccc(-c2ccc([B-](F)(F)F)cc2)o1. The average molecular weight is 254 g/mol. The van der Waals surface area contributed by atoms with Crippen LogP contribution in [-0.4, -0.2) is 12.9 Å². The predicted molar refractivity (Wildman–Crippen MR) is 61.4 cm³/mol. The number of hydrogen-bond donors (Lipinski definition) is 1. The molecule has 18 heavy (non-hydrogen) atoms. The van der Waals surface area contributed by atoms with Crippen LogP contribution < -0.4 is 11.2 Å². The van der Waals surface area contributed by atoms with E-state index in [1.54, 1.807) is 0 Å².